The van der Waals surface area contributed by atoms with Crippen LogP contribution in [0.5, 0.6) is 0 Å². The Morgan fingerprint density at radius 3 is 2.59 bits per heavy atom. The van der Waals surface area contributed by atoms with Crippen LogP contribution in [0.3, 0.4) is 0 Å². The largest absolute Gasteiger partial charge is 0.385 e. The molecule has 17 heavy (non-hydrogen) atoms. The summed E-state index contributed by atoms with van der Waals surface area (Å²) in [6.07, 6.45) is 0.845. The van der Waals surface area contributed by atoms with Crippen LogP contribution in [-0.2, 0) is 6.42 Å². The number of rotatable bonds is 4. The average molecular weight is 265 g/mol. The normalized spacial score (nSPS) is 10.2. The number of benzene rings is 2. The second-order valence-corrected chi connectivity index (χ2v) is 4.46. The third kappa shape index (κ3) is 3.39. The summed E-state index contributed by atoms with van der Waals surface area (Å²) in [5.74, 6) is 0. The van der Waals surface area contributed by atoms with Gasteiger partial charge in [-0.3, -0.25) is 0 Å². The third-order valence-electron chi connectivity index (χ3n) is 2.47. The molecule has 0 heterocycles. The van der Waals surface area contributed by atoms with E-state index in [1.54, 1.807) is 6.07 Å². The van der Waals surface area contributed by atoms with E-state index in [-0.39, 0.29) is 0 Å². The zero-order chi connectivity index (χ0) is 12.1. The molecular formula is C14H12Cl2N. The summed E-state index contributed by atoms with van der Waals surface area (Å²) in [7, 11) is 0. The molecule has 1 nitrogen and oxygen atoms in total. The lowest BCUT2D eigenvalue weighted by atomic mass is 10.1. The zero-order valence-corrected chi connectivity index (χ0v) is 10.7. The van der Waals surface area contributed by atoms with Crippen molar-refractivity contribution >= 4 is 28.9 Å². The number of hydrogen-bond donors (Lipinski definition) is 1. The van der Waals surface area contributed by atoms with Crippen molar-refractivity contribution in [1.82, 2.24) is 0 Å². The number of hydrogen-bond acceptors (Lipinski definition) is 1. The first-order valence-corrected chi connectivity index (χ1v) is 6.16. The molecule has 2 aromatic rings. The Bertz CT molecular complexity index is 483. The van der Waals surface area contributed by atoms with Gasteiger partial charge in [-0.05, 0) is 36.2 Å². The van der Waals surface area contributed by atoms with Crippen molar-refractivity contribution in [3.05, 3.63) is 64.1 Å². The molecule has 0 aromatic heterocycles. The van der Waals surface area contributed by atoms with Gasteiger partial charge in [-0.1, -0.05) is 47.5 Å². The van der Waals surface area contributed by atoms with Gasteiger partial charge in [0.25, 0.3) is 0 Å². The monoisotopic (exact) mass is 264 g/mol. The Labute approximate surface area is 111 Å². The van der Waals surface area contributed by atoms with Gasteiger partial charge in [0.1, 0.15) is 0 Å². The predicted octanol–water partition coefficient (Wildman–Crippen LogP) is 4.45. The highest BCUT2D eigenvalue weighted by atomic mass is 35.5. The van der Waals surface area contributed by atoms with E-state index < -0.39 is 0 Å². The van der Waals surface area contributed by atoms with Gasteiger partial charge in [0.15, 0.2) is 0 Å². The van der Waals surface area contributed by atoms with Crippen LogP contribution in [0.2, 0.25) is 10.0 Å². The first kappa shape index (κ1) is 12.3. The fourth-order valence-corrected chi connectivity index (χ4v) is 2.00. The highest BCUT2D eigenvalue weighted by molar-refractivity contribution is 6.42. The van der Waals surface area contributed by atoms with E-state index in [1.807, 2.05) is 36.4 Å². The molecule has 0 amide bonds. The minimum absolute atomic E-state index is 0.610. The van der Waals surface area contributed by atoms with Crippen molar-refractivity contribution in [1.29, 1.82) is 0 Å². The van der Waals surface area contributed by atoms with Gasteiger partial charge in [-0.25, -0.2) is 0 Å². The van der Waals surface area contributed by atoms with Gasteiger partial charge < -0.3 is 5.32 Å². The molecular weight excluding hydrogens is 253 g/mol. The van der Waals surface area contributed by atoms with Crippen LogP contribution in [0.15, 0.2) is 42.5 Å². The second kappa shape index (κ2) is 5.95. The molecule has 0 saturated heterocycles. The summed E-state index contributed by atoms with van der Waals surface area (Å²) in [5.41, 5.74) is 2.15. The summed E-state index contributed by atoms with van der Waals surface area (Å²) in [4.78, 5) is 0. The molecule has 1 radical (unpaired) electrons. The molecule has 0 bridgehead atoms. The highest BCUT2D eigenvalue weighted by Crippen LogP contribution is 2.25. The fourth-order valence-electron chi connectivity index (χ4n) is 1.59. The molecule has 0 aliphatic rings. The van der Waals surface area contributed by atoms with Gasteiger partial charge in [-0.2, -0.15) is 0 Å². The molecule has 0 fully saturated rings. The smallest absolute Gasteiger partial charge is 0.0624 e. The van der Waals surface area contributed by atoms with Crippen molar-refractivity contribution in [2.45, 2.75) is 6.42 Å². The Kier molecular flexibility index (Phi) is 4.29. The third-order valence-corrected chi connectivity index (χ3v) is 3.33. The topological polar surface area (TPSA) is 12.0 Å². The standard InChI is InChI=1S/C14H12Cl2N/c15-13-8-4-5-11(14(13)16)9-10-17-12-6-2-1-3-7-12/h2-8,17H,9-10H2. The maximum atomic E-state index is 6.11. The van der Waals surface area contributed by atoms with Crippen LogP contribution < -0.4 is 5.32 Å². The SMILES string of the molecule is Clc1cccc(CCNc2cc[c]cc2)c1Cl. The van der Waals surface area contributed by atoms with Crippen molar-refractivity contribution in [3.63, 3.8) is 0 Å². The number of halogens is 2. The summed E-state index contributed by atoms with van der Waals surface area (Å²) in [6.45, 7) is 0.823. The molecule has 0 spiro atoms. The first-order chi connectivity index (χ1) is 8.27. The molecule has 87 valence electrons. The van der Waals surface area contributed by atoms with Crippen LogP contribution >= 0.6 is 23.2 Å². The lowest BCUT2D eigenvalue weighted by Crippen LogP contribution is -2.05. The molecule has 1 N–H and O–H groups in total. The Morgan fingerprint density at radius 1 is 1.06 bits per heavy atom. The van der Waals surface area contributed by atoms with Crippen molar-refractivity contribution in [2.75, 3.05) is 11.9 Å². The van der Waals surface area contributed by atoms with E-state index in [0.29, 0.717) is 10.0 Å². The molecule has 0 aliphatic heterocycles. The van der Waals surface area contributed by atoms with E-state index in [0.717, 1.165) is 24.2 Å². The van der Waals surface area contributed by atoms with E-state index >= 15 is 0 Å². The van der Waals surface area contributed by atoms with Crippen LogP contribution in [0, 0.1) is 6.07 Å². The molecule has 0 aliphatic carbocycles. The fraction of sp³-hybridized carbons (Fsp3) is 0.143. The van der Waals surface area contributed by atoms with Crippen molar-refractivity contribution in [3.8, 4) is 0 Å². The summed E-state index contributed by atoms with van der Waals surface area (Å²) >= 11 is 12.1. The van der Waals surface area contributed by atoms with E-state index in [2.05, 4.69) is 11.4 Å². The first-order valence-electron chi connectivity index (χ1n) is 5.40. The molecule has 0 saturated carbocycles. The highest BCUT2D eigenvalue weighted by Gasteiger charge is 2.03. The molecule has 3 heteroatoms. The lowest BCUT2D eigenvalue weighted by Gasteiger charge is -2.08. The summed E-state index contributed by atoms with van der Waals surface area (Å²) in [6, 6.07) is 16.4. The maximum Gasteiger partial charge on any atom is 0.0624 e. The minimum Gasteiger partial charge on any atom is -0.385 e. The average Bonchev–Trinajstić information content (AvgIpc) is 2.36. The number of nitrogens with one attached hydrogen (secondary N) is 1. The minimum atomic E-state index is 0.610. The molecule has 2 rings (SSSR count). The second-order valence-electron chi connectivity index (χ2n) is 3.68. The summed E-state index contributed by atoms with van der Waals surface area (Å²) in [5, 5.41) is 4.58. The Balaban J connectivity index is 1.93. The predicted molar refractivity (Wildman–Crippen MR) is 73.9 cm³/mol. The van der Waals surface area contributed by atoms with Crippen LogP contribution in [0.4, 0.5) is 5.69 Å². The quantitative estimate of drug-likeness (QED) is 0.861. The van der Waals surface area contributed by atoms with E-state index in [9.17, 15) is 0 Å². The molecule has 2 aromatic carbocycles. The maximum absolute atomic E-state index is 6.11. The van der Waals surface area contributed by atoms with Gasteiger partial charge in [-0.15, -0.1) is 0 Å². The lowest BCUT2D eigenvalue weighted by molar-refractivity contribution is 1.02. The van der Waals surface area contributed by atoms with Gasteiger partial charge >= 0.3 is 0 Å². The van der Waals surface area contributed by atoms with Gasteiger partial charge in [0, 0.05) is 12.2 Å². The van der Waals surface area contributed by atoms with Crippen LogP contribution in [0.25, 0.3) is 0 Å². The van der Waals surface area contributed by atoms with Crippen molar-refractivity contribution in [2.24, 2.45) is 0 Å². The van der Waals surface area contributed by atoms with Crippen molar-refractivity contribution < 1.29 is 0 Å². The Morgan fingerprint density at radius 2 is 1.82 bits per heavy atom. The summed E-state index contributed by atoms with van der Waals surface area (Å²) < 4.78 is 0. The van der Waals surface area contributed by atoms with Gasteiger partial charge in [0.05, 0.1) is 10.0 Å². The van der Waals surface area contributed by atoms with Crippen LogP contribution in [0.1, 0.15) is 5.56 Å². The molecule has 0 atom stereocenters. The zero-order valence-electron chi connectivity index (χ0n) is 9.21. The van der Waals surface area contributed by atoms with E-state index in [1.165, 1.54) is 0 Å². The van der Waals surface area contributed by atoms with Crippen LogP contribution in [-0.4, -0.2) is 6.54 Å². The van der Waals surface area contributed by atoms with E-state index in [4.69, 9.17) is 23.2 Å². The van der Waals surface area contributed by atoms with Gasteiger partial charge in [0.2, 0.25) is 0 Å². The molecule has 0 unspecified atom stereocenters. The Hall–Kier alpha value is -1.18. The number of anilines is 1.